The first-order valence-electron chi connectivity index (χ1n) is 6.37. The van der Waals surface area contributed by atoms with Gasteiger partial charge >= 0.3 is 0 Å². The predicted octanol–water partition coefficient (Wildman–Crippen LogP) is 2.79. The van der Waals surface area contributed by atoms with Crippen LogP contribution in [0.2, 0.25) is 5.02 Å². The summed E-state index contributed by atoms with van der Waals surface area (Å²) in [6.45, 7) is 5.28. The largest absolute Gasteiger partial charge is 0.367 e. The molecule has 1 aliphatic rings. The third kappa shape index (κ3) is 2.93. The molecule has 0 bridgehead atoms. The van der Waals surface area contributed by atoms with Crippen LogP contribution in [0.1, 0.15) is 37.0 Å². The molecule has 1 amide bonds. The van der Waals surface area contributed by atoms with Crippen LogP contribution in [-0.2, 0) is 0 Å². The highest BCUT2D eigenvalue weighted by Gasteiger charge is 2.23. The Morgan fingerprint density at radius 1 is 1.50 bits per heavy atom. The number of anilines is 1. The molecule has 0 atom stereocenters. The second-order valence-corrected chi connectivity index (χ2v) is 4.85. The van der Waals surface area contributed by atoms with Gasteiger partial charge in [-0.2, -0.15) is 0 Å². The fourth-order valence-electron chi connectivity index (χ4n) is 1.80. The molecule has 0 aliphatic heterocycles. The molecule has 1 aromatic heterocycles. The van der Waals surface area contributed by atoms with Crippen molar-refractivity contribution in [1.82, 2.24) is 9.88 Å². The number of nitrogens with zero attached hydrogens (tertiary/aromatic N) is 2. The van der Waals surface area contributed by atoms with Gasteiger partial charge in [-0.05, 0) is 32.8 Å². The molecule has 1 fully saturated rings. The lowest BCUT2D eigenvalue weighted by atomic mass is 10.2. The van der Waals surface area contributed by atoms with Gasteiger partial charge in [0.25, 0.3) is 5.91 Å². The molecule has 0 saturated heterocycles. The zero-order valence-corrected chi connectivity index (χ0v) is 11.5. The number of carbonyl (C=O) groups is 1. The second-order valence-electron chi connectivity index (χ2n) is 4.45. The molecule has 98 valence electrons. The molecule has 0 aromatic carbocycles. The van der Waals surface area contributed by atoms with E-state index in [2.05, 4.69) is 10.3 Å². The molecule has 0 unspecified atom stereocenters. The van der Waals surface area contributed by atoms with Crippen molar-refractivity contribution >= 4 is 23.3 Å². The molecule has 1 N–H and O–H groups in total. The number of hydrogen-bond acceptors (Lipinski definition) is 3. The van der Waals surface area contributed by atoms with Crippen LogP contribution in [0, 0.1) is 0 Å². The molecule has 4 nitrogen and oxygen atoms in total. The van der Waals surface area contributed by atoms with Gasteiger partial charge in [0, 0.05) is 25.3 Å². The molecule has 5 heteroatoms. The Bertz CT molecular complexity index is 442. The standard InChI is InChI=1S/C13H18ClN3O/c1-3-17(4-2)13(18)10-7-12(15-8-11(10)14)16-9-5-6-9/h7-9H,3-6H2,1-2H3,(H,15,16). The summed E-state index contributed by atoms with van der Waals surface area (Å²) in [4.78, 5) is 18.2. The molecule has 0 radical (unpaired) electrons. The number of aromatic nitrogens is 1. The summed E-state index contributed by atoms with van der Waals surface area (Å²) < 4.78 is 0. The summed E-state index contributed by atoms with van der Waals surface area (Å²) >= 11 is 6.06. The van der Waals surface area contributed by atoms with Crippen LogP contribution >= 0.6 is 11.6 Å². The van der Waals surface area contributed by atoms with E-state index in [4.69, 9.17) is 11.6 Å². The Morgan fingerprint density at radius 3 is 2.72 bits per heavy atom. The van der Waals surface area contributed by atoms with Crippen molar-refractivity contribution < 1.29 is 4.79 Å². The lowest BCUT2D eigenvalue weighted by molar-refractivity contribution is 0.0773. The van der Waals surface area contributed by atoms with Gasteiger partial charge in [-0.1, -0.05) is 11.6 Å². The van der Waals surface area contributed by atoms with E-state index in [9.17, 15) is 4.79 Å². The van der Waals surface area contributed by atoms with Crippen molar-refractivity contribution in [2.24, 2.45) is 0 Å². The molecule has 0 spiro atoms. The Labute approximate surface area is 112 Å². The van der Waals surface area contributed by atoms with Gasteiger partial charge < -0.3 is 10.2 Å². The highest BCUT2D eigenvalue weighted by atomic mass is 35.5. The molecule has 18 heavy (non-hydrogen) atoms. The SMILES string of the molecule is CCN(CC)C(=O)c1cc(NC2CC2)ncc1Cl. The predicted molar refractivity (Wildman–Crippen MR) is 73.1 cm³/mol. The van der Waals surface area contributed by atoms with Crippen LogP contribution in [0.4, 0.5) is 5.82 Å². The summed E-state index contributed by atoms with van der Waals surface area (Å²) in [5, 5.41) is 3.68. The monoisotopic (exact) mass is 267 g/mol. The van der Waals surface area contributed by atoms with E-state index in [0.717, 1.165) is 5.82 Å². The van der Waals surface area contributed by atoms with E-state index in [1.165, 1.54) is 12.8 Å². The molecule has 1 heterocycles. The van der Waals surface area contributed by atoms with Crippen LogP contribution in [0.15, 0.2) is 12.3 Å². The van der Waals surface area contributed by atoms with E-state index in [0.29, 0.717) is 29.7 Å². The van der Waals surface area contributed by atoms with Gasteiger partial charge in [0.15, 0.2) is 0 Å². The zero-order valence-electron chi connectivity index (χ0n) is 10.7. The minimum Gasteiger partial charge on any atom is -0.367 e. The summed E-state index contributed by atoms with van der Waals surface area (Å²) in [5.74, 6) is 0.698. The van der Waals surface area contributed by atoms with E-state index >= 15 is 0 Å². The number of amides is 1. The smallest absolute Gasteiger partial charge is 0.255 e. The Balaban J connectivity index is 2.21. The summed E-state index contributed by atoms with van der Waals surface area (Å²) in [7, 11) is 0. The first-order chi connectivity index (χ1) is 8.65. The molecule has 2 rings (SSSR count). The molecule has 1 saturated carbocycles. The Morgan fingerprint density at radius 2 is 2.17 bits per heavy atom. The normalized spacial score (nSPS) is 14.4. The van der Waals surface area contributed by atoms with Crippen LogP contribution < -0.4 is 5.32 Å². The van der Waals surface area contributed by atoms with Crippen LogP contribution in [-0.4, -0.2) is 34.9 Å². The Hall–Kier alpha value is -1.29. The van der Waals surface area contributed by atoms with Crippen LogP contribution in [0.25, 0.3) is 0 Å². The maximum atomic E-state index is 12.3. The minimum atomic E-state index is -0.0359. The van der Waals surface area contributed by atoms with Gasteiger partial charge in [-0.3, -0.25) is 4.79 Å². The van der Waals surface area contributed by atoms with E-state index in [1.54, 1.807) is 17.2 Å². The number of nitrogens with one attached hydrogen (secondary N) is 1. The molecule has 1 aliphatic carbocycles. The van der Waals surface area contributed by atoms with Crippen molar-refractivity contribution in [3.63, 3.8) is 0 Å². The van der Waals surface area contributed by atoms with Gasteiger partial charge in [0.2, 0.25) is 0 Å². The minimum absolute atomic E-state index is 0.0359. The van der Waals surface area contributed by atoms with E-state index in [1.807, 2.05) is 13.8 Å². The third-order valence-corrected chi connectivity index (χ3v) is 3.37. The molecular weight excluding hydrogens is 250 g/mol. The van der Waals surface area contributed by atoms with Crippen molar-refractivity contribution in [3.8, 4) is 0 Å². The van der Waals surface area contributed by atoms with Crippen molar-refractivity contribution in [2.45, 2.75) is 32.7 Å². The second kappa shape index (κ2) is 5.57. The lowest BCUT2D eigenvalue weighted by Gasteiger charge is -2.19. The fourth-order valence-corrected chi connectivity index (χ4v) is 1.98. The number of rotatable bonds is 5. The number of halogens is 1. The van der Waals surface area contributed by atoms with Gasteiger partial charge in [0.05, 0.1) is 10.6 Å². The summed E-state index contributed by atoms with van der Waals surface area (Å²) in [6.07, 6.45) is 3.89. The van der Waals surface area contributed by atoms with Crippen LogP contribution in [0.3, 0.4) is 0 Å². The van der Waals surface area contributed by atoms with Gasteiger partial charge in [0.1, 0.15) is 5.82 Å². The van der Waals surface area contributed by atoms with E-state index < -0.39 is 0 Å². The zero-order chi connectivity index (χ0) is 13.1. The first-order valence-corrected chi connectivity index (χ1v) is 6.74. The number of pyridine rings is 1. The quantitative estimate of drug-likeness (QED) is 0.892. The lowest BCUT2D eigenvalue weighted by Crippen LogP contribution is -2.30. The number of carbonyl (C=O) groups excluding carboxylic acids is 1. The highest BCUT2D eigenvalue weighted by molar-refractivity contribution is 6.33. The van der Waals surface area contributed by atoms with E-state index in [-0.39, 0.29) is 5.91 Å². The highest BCUT2D eigenvalue weighted by Crippen LogP contribution is 2.26. The number of hydrogen-bond donors (Lipinski definition) is 1. The Kier molecular flexibility index (Phi) is 4.07. The van der Waals surface area contributed by atoms with Gasteiger partial charge in [-0.25, -0.2) is 4.98 Å². The average molecular weight is 268 g/mol. The van der Waals surface area contributed by atoms with Gasteiger partial charge in [-0.15, -0.1) is 0 Å². The van der Waals surface area contributed by atoms with Crippen molar-refractivity contribution in [1.29, 1.82) is 0 Å². The summed E-state index contributed by atoms with van der Waals surface area (Å²) in [5.41, 5.74) is 0.526. The maximum Gasteiger partial charge on any atom is 0.255 e. The van der Waals surface area contributed by atoms with Crippen molar-refractivity contribution in [2.75, 3.05) is 18.4 Å². The maximum absolute atomic E-state index is 12.3. The summed E-state index contributed by atoms with van der Waals surface area (Å²) in [6, 6.07) is 2.26. The topological polar surface area (TPSA) is 45.2 Å². The first kappa shape index (κ1) is 13.1. The van der Waals surface area contributed by atoms with Crippen LogP contribution in [0.5, 0.6) is 0 Å². The molecular formula is C13H18ClN3O. The van der Waals surface area contributed by atoms with Crippen molar-refractivity contribution in [3.05, 3.63) is 22.8 Å². The average Bonchev–Trinajstić information content (AvgIpc) is 3.17. The molecule has 1 aromatic rings. The third-order valence-electron chi connectivity index (χ3n) is 3.07. The fraction of sp³-hybridized carbons (Fsp3) is 0.538.